The van der Waals surface area contributed by atoms with E-state index >= 15 is 0 Å². The van der Waals surface area contributed by atoms with Crippen LogP contribution in [0.15, 0.2) is 46.9 Å². The summed E-state index contributed by atoms with van der Waals surface area (Å²) in [5.41, 5.74) is 0.491. The van der Waals surface area contributed by atoms with E-state index in [1.165, 1.54) is 12.1 Å². The van der Waals surface area contributed by atoms with Crippen LogP contribution < -0.4 is 9.47 Å². The Morgan fingerprint density at radius 2 is 1.85 bits per heavy atom. The highest BCUT2D eigenvalue weighted by atomic mass is 79.9. The van der Waals surface area contributed by atoms with Gasteiger partial charge in [0.25, 0.3) is 5.91 Å². The Morgan fingerprint density at radius 1 is 1.15 bits per heavy atom. The second-order valence-electron chi connectivity index (χ2n) is 5.64. The van der Waals surface area contributed by atoms with E-state index in [1.807, 2.05) is 6.92 Å². The molecule has 0 saturated carbocycles. The van der Waals surface area contributed by atoms with Crippen molar-refractivity contribution in [1.29, 1.82) is 0 Å². The van der Waals surface area contributed by atoms with E-state index in [0.717, 1.165) is 10.9 Å². The van der Waals surface area contributed by atoms with Crippen LogP contribution in [0.5, 0.6) is 11.5 Å². The Labute approximate surface area is 164 Å². The number of aliphatic carboxylic acids is 1. The zero-order valence-corrected chi connectivity index (χ0v) is 16.2. The van der Waals surface area contributed by atoms with Gasteiger partial charge in [-0.2, -0.15) is 5.12 Å². The molecule has 0 aliphatic carbocycles. The predicted octanol–water partition coefficient (Wildman–Crippen LogP) is 4.23. The van der Waals surface area contributed by atoms with Crippen LogP contribution in [0.3, 0.4) is 0 Å². The molecule has 1 amide bonds. The molecule has 0 aliphatic rings. The number of rotatable bonds is 9. The average Bonchev–Trinajstić information content (AvgIpc) is 2.66. The van der Waals surface area contributed by atoms with Crippen LogP contribution in [0.2, 0.25) is 0 Å². The van der Waals surface area contributed by atoms with Gasteiger partial charge in [0, 0.05) is 4.47 Å². The van der Waals surface area contributed by atoms with Crippen LogP contribution in [0.1, 0.15) is 29.3 Å². The summed E-state index contributed by atoms with van der Waals surface area (Å²) >= 11 is 3.29. The van der Waals surface area contributed by atoms with E-state index in [-0.39, 0.29) is 23.0 Å². The molecular weight excluding hydrogens is 421 g/mol. The van der Waals surface area contributed by atoms with E-state index in [4.69, 9.17) is 14.6 Å². The first kappa shape index (κ1) is 20.7. The summed E-state index contributed by atoms with van der Waals surface area (Å²) in [4.78, 5) is 23.3. The molecule has 144 valence electrons. The van der Waals surface area contributed by atoms with Gasteiger partial charge in [0.15, 0.2) is 6.61 Å². The molecule has 0 heterocycles. The number of ether oxygens (including phenoxy) is 2. The van der Waals surface area contributed by atoms with Gasteiger partial charge in [-0.05, 0) is 42.3 Å². The molecule has 0 unspecified atom stereocenters. The Bertz CT molecular complexity index is 797. The average molecular weight is 440 g/mol. The Hall–Kier alpha value is -2.61. The van der Waals surface area contributed by atoms with Crippen molar-refractivity contribution in [2.24, 2.45) is 0 Å². The lowest BCUT2D eigenvalue weighted by atomic mass is 10.1. The van der Waals surface area contributed by atoms with Crippen LogP contribution in [-0.4, -0.2) is 35.3 Å². The molecule has 6 nitrogen and oxygen atoms in total. The minimum Gasteiger partial charge on any atom is -0.494 e. The van der Waals surface area contributed by atoms with Crippen molar-refractivity contribution in [3.05, 3.63) is 58.1 Å². The molecule has 2 rings (SSSR count). The van der Waals surface area contributed by atoms with Gasteiger partial charge >= 0.3 is 5.97 Å². The number of halogens is 2. The maximum absolute atomic E-state index is 14.5. The van der Waals surface area contributed by atoms with E-state index < -0.39 is 18.5 Å². The summed E-state index contributed by atoms with van der Waals surface area (Å²) in [6.07, 6.45) is 0.763. The number of hydrogen-bond donors (Lipinski definition) is 1. The smallest absolute Gasteiger partial charge is 0.341 e. The fourth-order valence-electron chi connectivity index (χ4n) is 2.20. The van der Waals surface area contributed by atoms with Crippen molar-refractivity contribution in [2.75, 3.05) is 13.2 Å². The molecule has 2 aromatic carbocycles. The number of benzene rings is 2. The highest BCUT2D eigenvalue weighted by Crippen LogP contribution is 2.27. The summed E-state index contributed by atoms with van der Waals surface area (Å²) in [5.74, 6) is -1.79. The van der Waals surface area contributed by atoms with E-state index in [1.54, 1.807) is 30.3 Å². The summed E-state index contributed by atoms with van der Waals surface area (Å²) in [6, 6.07) is 11.2. The third kappa shape index (κ3) is 6.25. The molecule has 0 bridgehead atoms. The summed E-state index contributed by atoms with van der Waals surface area (Å²) in [6.45, 7) is 1.46. The molecule has 0 fully saturated rings. The van der Waals surface area contributed by atoms with Crippen molar-refractivity contribution < 1.29 is 28.7 Å². The minimum absolute atomic E-state index is 0.0234. The van der Waals surface area contributed by atoms with E-state index in [2.05, 4.69) is 15.9 Å². The molecule has 1 N–H and O–H groups in total. The van der Waals surface area contributed by atoms with E-state index in [0.29, 0.717) is 17.9 Å². The topological polar surface area (TPSA) is 76.1 Å². The van der Waals surface area contributed by atoms with E-state index in [9.17, 15) is 14.1 Å². The standard InChI is InChI=1S/C19H19BrFNO5/c1-2-9-26-15-7-8-17(27-12-18(23)24)16(10-15)19(25)22(21)11-13-3-5-14(20)6-4-13/h3-8,10H,2,9,11-12H2,1H3,(H,23,24). The molecule has 0 aliphatic heterocycles. The zero-order chi connectivity index (χ0) is 19.8. The van der Waals surface area contributed by atoms with Gasteiger partial charge in [-0.25, -0.2) is 4.79 Å². The molecule has 0 atom stereocenters. The van der Waals surface area contributed by atoms with Crippen molar-refractivity contribution in [2.45, 2.75) is 19.9 Å². The fraction of sp³-hybridized carbons (Fsp3) is 0.263. The molecule has 8 heteroatoms. The number of nitrogens with zero attached hydrogens (tertiary/aromatic N) is 1. The van der Waals surface area contributed by atoms with Gasteiger partial charge in [-0.1, -0.05) is 39.5 Å². The first-order chi connectivity index (χ1) is 12.9. The molecule has 0 spiro atoms. The van der Waals surface area contributed by atoms with Crippen molar-refractivity contribution >= 4 is 27.8 Å². The van der Waals surface area contributed by atoms with Crippen molar-refractivity contribution in [3.8, 4) is 11.5 Å². The SMILES string of the molecule is CCCOc1ccc(OCC(=O)O)c(C(=O)N(F)Cc2ccc(Br)cc2)c1. The number of hydrogen-bond acceptors (Lipinski definition) is 4. The third-order valence-corrected chi connectivity index (χ3v) is 3.99. The number of carboxylic acid groups (broad SMARTS) is 1. The number of carbonyl (C=O) groups is 2. The molecule has 27 heavy (non-hydrogen) atoms. The van der Waals surface area contributed by atoms with Crippen LogP contribution in [0.25, 0.3) is 0 Å². The summed E-state index contributed by atoms with van der Waals surface area (Å²) in [5, 5.41) is 8.83. The normalized spacial score (nSPS) is 10.3. The highest BCUT2D eigenvalue weighted by Gasteiger charge is 2.22. The fourth-order valence-corrected chi connectivity index (χ4v) is 2.47. The largest absolute Gasteiger partial charge is 0.494 e. The van der Waals surface area contributed by atoms with Gasteiger partial charge < -0.3 is 14.6 Å². The molecular formula is C19H19BrFNO5. The van der Waals surface area contributed by atoms with Crippen LogP contribution >= 0.6 is 15.9 Å². The lowest BCUT2D eigenvalue weighted by Crippen LogP contribution is -2.23. The zero-order valence-electron chi connectivity index (χ0n) is 14.7. The highest BCUT2D eigenvalue weighted by molar-refractivity contribution is 9.10. The van der Waals surface area contributed by atoms with Gasteiger partial charge in [-0.15, -0.1) is 0 Å². The van der Waals surface area contributed by atoms with Gasteiger partial charge in [0.05, 0.1) is 18.7 Å². The lowest BCUT2D eigenvalue weighted by molar-refractivity contribution is -0.139. The second kappa shape index (κ2) is 9.91. The Kier molecular flexibility index (Phi) is 7.60. The predicted molar refractivity (Wildman–Crippen MR) is 100 cm³/mol. The second-order valence-corrected chi connectivity index (χ2v) is 6.56. The minimum atomic E-state index is -1.20. The summed E-state index contributed by atoms with van der Waals surface area (Å²) < 4.78 is 25.9. The first-order valence-electron chi connectivity index (χ1n) is 8.24. The van der Waals surface area contributed by atoms with Gasteiger partial charge in [0.2, 0.25) is 0 Å². The number of carbonyl (C=O) groups excluding carboxylic acids is 1. The van der Waals surface area contributed by atoms with Crippen LogP contribution in [0, 0.1) is 0 Å². The Morgan fingerprint density at radius 3 is 2.48 bits per heavy atom. The molecule has 2 aromatic rings. The molecule has 0 aromatic heterocycles. The molecule has 0 radical (unpaired) electrons. The number of carboxylic acids is 1. The van der Waals surface area contributed by atoms with Gasteiger partial charge in [-0.3, -0.25) is 4.79 Å². The van der Waals surface area contributed by atoms with Crippen molar-refractivity contribution in [3.63, 3.8) is 0 Å². The maximum atomic E-state index is 14.5. The van der Waals surface area contributed by atoms with Crippen LogP contribution in [0.4, 0.5) is 4.48 Å². The lowest BCUT2D eigenvalue weighted by Gasteiger charge is -2.16. The van der Waals surface area contributed by atoms with Crippen molar-refractivity contribution in [1.82, 2.24) is 5.12 Å². The Balaban J connectivity index is 2.23. The first-order valence-corrected chi connectivity index (χ1v) is 9.03. The van der Waals surface area contributed by atoms with Gasteiger partial charge in [0.1, 0.15) is 11.5 Å². The molecule has 0 saturated heterocycles. The maximum Gasteiger partial charge on any atom is 0.341 e. The third-order valence-electron chi connectivity index (χ3n) is 3.46. The monoisotopic (exact) mass is 439 g/mol. The number of amides is 1. The van der Waals surface area contributed by atoms with Crippen LogP contribution in [-0.2, 0) is 11.3 Å². The quantitative estimate of drug-likeness (QED) is 0.591. The summed E-state index contributed by atoms with van der Waals surface area (Å²) in [7, 11) is 0.